The number of nitrogens with zero attached hydrogens (tertiary/aromatic N) is 1. The topological polar surface area (TPSA) is 64.4 Å². The van der Waals surface area contributed by atoms with E-state index < -0.39 is 5.82 Å². The Kier molecular flexibility index (Phi) is 5.76. The summed E-state index contributed by atoms with van der Waals surface area (Å²) in [5, 5.41) is 6.49. The zero-order valence-corrected chi connectivity index (χ0v) is 14.4. The number of aromatic nitrogens is 1. The number of ether oxygens (including phenoxy) is 1. The van der Waals surface area contributed by atoms with Crippen molar-refractivity contribution in [1.29, 1.82) is 0 Å². The Hall–Kier alpha value is -2.99. The highest BCUT2D eigenvalue weighted by molar-refractivity contribution is 5.93. The molecule has 1 amide bonds. The van der Waals surface area contributed by atoms with Gasteiger partial charge in [0.2, 0.25) is 0 Å². The van der Waals surface area contributed by atoms with Crippen molar-refractivity contribution in [3.63, 3.8) is 0 Å². The standard InChI is InChI=1S/C20H19FN2O3/c1-2-25-13-15-9-7-14(8-10-15)12-22-20(24)18-11-19(26-23-18)16-5-3-4-6-17(16)21/h3-11H,2,12-13H2,1H3,(H,22,24). The molecule has 0 aliphatic carbocycles. The molecule has 3 rings (SSSR count). The Morgan fingerprint density at radius 3 is 2.62 bits per heavy atom. The Bertz CT molecular complexity index is 875. The van der Waals surface area contributed by atoms with E-state index in [-0.39, 0.29) is 22.9 Å². The lowest BCUT2D eigenvalue weighted by molar-refractivity contribution is 0.0942. The van der Waals surface area contributed by atoms with Crippen LogP contribution in [0.25, 0.3) is 11.3 Å². The fourth-order valence-electron chi connectivity index (χ4n) is 2.42. The molecule has 0 bridgehead atoms. The van der Waals surface area contributed by atoms with E-state index in [9.17, 15) is 9.18 Å². The molecule has 0 unspecified atom stereocenters. The van der Waals surface area contributed by atoms with Gasteiger partial charge in [-0.2, -0.15) is 0 Å². The second-order valence-corrected chi connectivity index (χ2v) is 5.69. The first-order chi connectivity index (χ1) is 12.7. The SMILES string of the molecule is CCOCc1ccc(CNC(=O)c2cc(-c3ccccc3F)on2)cc1. The summed E-state index contributed by atoms with van der Waals surface area (Å²) in [5.41, 5.74) is 2.41. The van der Waals surface area contributed by atoms with Crippen molar-refractivity contribution in [1.82, 2.24) is 10.5 Å². The highest BCUT2D eigenvalue weighted by atomic mass is 19.1. The normalized spacial score (nSPS) is 10.7. The first kappa shape index (κ1) is 17.8. The van der Waals surface area contributed by atoms with E-state index in [2.05, 4.69) is 10.5 Å². The van der Waals surface area contributed by atoms with Crippen LogP contribution in [-0.2, 0) is 17.9 Å². The maximum Gasteiger partial charge on any atom is 0.273 e. The minimum atomic E-state index is -0.428. The zero-order valence-electron chi connectivity index (χ0n) is 14.4. The van der Waals surface area contributed by atoms with Gasteiger partial charge >= 0.3 is 0 Å². The minimum absolute atomic E-state index is 0.108. The molecule has 0 fully saturated rings. The summed E-state index contributed by atoms with van der Waals surface area (Å²) in [5.74, 6) is -0.592. The maximum atomic E-state index is 13.8. The fourth-order valence-corrected chi connectivity index (χ4v) is 2.42. The number of rotatable bonds is 7. The molecule has 1 heterocycles. The second-order valence-electron chi connectivity index (χ2n) is 5.69. The van der Waals surface area contributed by atoms with Gasteiger partial charge in [-0.15, -0.1) is 0 Å². The van der Waals surface area contributed by atoms with Crippen molar-refractivity contribution in [3.05, 3.63) is 77.2 Å². The molecule has 5 nitrogen and oxygen atoms in total. The Morgan fingerprint density at radius 1 is 1.15 bits per heavy atom. The molecule has 0 saturated heterocycles. The van der Waals surface area contributed by atoms with Gasteiger partial charge in [0, 0.05) is 19.2 Å². The first-order valence-electron chi connectivity index (χ1n) is 8.32. The average Bonchev–Trinajstić information content (AvgIpc) is 3.15. The zero-order chi connectivity index (χ0) is 18.4. The molecule has 0 radical (unpaired) electrons. The molecule has 6 heteroatoms. The second kappa shape index (κ2) is 8.40. The van der Waals surface area contributed by atoms with Gasteiger partial charge in [0.1, 0.15) is 5.82 Å². The van der Waals surface area contributed by atoms with Gasteiger partial charge in [-0.25, -0.2) is 4.39 Å². The highest BCUT2D eigenvalue weighted by Crippen LogP contribution is 2.23. The molecule has 26 heavy (non-hydrogen) atoms. The third kappa shape index (κ3) is 4.34. The lowest BCUT2D eigenvalue weighted by atomic mass is 10.1. The summed E-state index contributed by atoms with van der Waals surface area (Å²) in [6.45, 7) is 3.55. The van der Waals surface area contributed by atoms with Crippen molar-refractivity contribution >= 4 is 5.91 Å². The van der Waals surface area contributed by atoms with Crippen LogP contribution in [0.3, 0.4) is 0 Å². The monoisotopic (exact) mass is 354 g/mol. The van der Waals surface area contributed by atoms with E-state index in [4.69, 9.17) is 9.26 Å². The molecule has 0 saturated carbocycles. The van der Waals surface area contributed by atoms with Gasteiger partial charge in [-0.05, 0) is 30.2 Å². The number of amides is 1. The van der Waals surface area contributed by atoms with Gasteiger partial charge in [0.05, 0.1) is 12.2 Å². The van der Waals surface area contributed by atoms with E-state index in [0.29, 0.717) is 19.8 Å². The van der Waals surface area contributed by atoms with Crippen molar-refractivity contribution < 1.29 is 18.4 Å². The summed E-state index contributed by atoms with van der Waals surface area (Å²) in [6.07, 6.45) is 0. The van der Waals surface area contributed by atoms with E-state index in [0.717, 1.165) is 11.1 Å². The fraction of sp³-hybridized carbons (Fsp3) is 0.200. The molecule has 3 aromatic rings. The third-order valence-electron chi connectivity index (χ3n) is 3.83. The van der Waals surface area contributed by atoms with Crippen molar-refractivity contribution in [3.8, 4) is 11.3 Å². The molecule has 134 valence electrons. The summed E-state index contributed by atoms with van der Waals surface area (Å²) in [6, 6.07) is 15.4. The van der Waals surface area contributed by atoms with E-state index in [1.165, 1.54) is 12.1 Å². The first-order valence-corrected chi connectivity index (χ1v) is 8.32. The molecular formula is C20H19FN2O3. The maximum absolute atomic E-state index is 13.8. The quantitative estimate of drug-likeness (QED) is 0.698. The van der Waals surface area contributed by atoms with Crippen LogP contribution in [0.4, 0.5) is 4.39 Å². The van der Waals surface area contributed by atoms with E-state index in [1.807, 2.05) is 31.2 Å². The van der Waals surface area contributed by atoms with Crippen LogP contribution in [0.15, 0.2) is 59.1 Å². The molecule has 0 atom stereocenters. The molecule has 1 N–H and O–H groups in total. The summed E-state index contributed by atoms with van der Waals surface area (Å²) >= 11 is 0. The number of benzene rings is 2. The van der Waals surface area contributed by atoms with E-state index >= 15 is 0 Å². The molecular weight excluding hydrogens is 335 g/mol. The summed E-state index contributed by atoms with van der Waals surface area (Å²) < 4.78 is 24.2. The Morgan fingerprint density at radius 2 is 1.88 bits per heavy atom. The van der Waals surface area contributed by atoms with Crippen LogP contribution in [0, 0.1) is 5.82 Å². The van der Waals surface area contributed by atoms with Crippen LogP contribution < -0.4 is 5.32 Å². The molecule has 0 aliphatic heterocycles. The highest BCUT2D eigenvalue weighted by Gasteiger charge is 2.15. The van der Waals surface area contributed by atoms with Gasteiger partial charge in [-0.3, -0.25) is 4.79 Å². The molecule has 0 spiro atoms. The van der Waals surface area contributed by atoms with Crippen LogP contribution in [0.1, 0.15) is 28.5 Å². The van der Waals surface area contributed by atoms with Crippen LogP contribution >= 0.6 is 0 Å². The van der Waals surface area contributed by atoms with Crippen LogP contribution in [-0.4, -0.2) is 17.7 Å². The Labute approximate surface area is 150 Å². The molecule has 0 aliphatic rings. The van der Waals surface area contributed by atoms with Crippen molar-refractivity contribution in [2.24, 2.45) is 0 Å². The number of hydrogen-bond acceptors (Lipinski definition) is 4. The number of halogens is 1. The van der Waals surface area contributed by atoms with Crippen molar-refractivity contribution in [2.45, 2.75) is 20.1 Å². The number of carbonyl (C=O) groups is 1. The predicted molar refractivity (Wildman–Crippen MR) is 94.8 cm³/mol. The molecule has 1 aromatic heterocycles. The minimum Gasteiger partial charge on any atom is -0.377 e. The summed E-state index contributed by atoms with van der Waals surface area (Å²) in [4.78, 5) is 12.2. The number of carbonyl (C=O) groups excluding carboxylic acids is 1. The average molecular weight is 354 g/mol. The summed E-state index contributed by atoms with van der Waals surface area (Å²) in [7, 11) is 0. The van der Waals surface area contributed by atoms with Crippen LogP contribution in [0.5, 0.6) is 0 Å². The largest absolute Gasteiger partial charge is 0.377 e. The lowest BCUT2D eigenvalue weighted by Crippen LogP contribution is -2.23. The Balaban J connectivity index is 1.60. The van der Waals surface area contributed by atoms with Gasteiger partial charge < -0.3 is 14.6 Å². The number of nitrogens with one attached hydrogen (secondary N) is 1. The van der Waals surface area contributed by atoms with Crippen LogP contribution in [0.2, 0.25) is 0 Å². The predicted octanol–water partition coefficient (Wildman–Crippen LogP) is 3.95. The van der Waals surface area contributed by atoms with Gasteiger partial charge in [-0.1, -0.05) is 41.6 Å². The third-order valence-corrected chi connectivity index (χ3v) is 3.83. The van der Waals surface area contributed by atoms with Gasteiger partial charge in [0.15, 0.2) is 11.5 Å². The van der Waals surface area contributed by atoms with Gasteiger partial charge in [0.25, 0.3) is 5.91 Å². The van der Waals surface area contributed by atoms with Crippen molar-refractivity contribution in [2.75, 3.05) is 6.61 Å². The number of hydrogen-bond donors (Lipinski definition) is 1. The molecule has 2 aromatic carbocycles. The smallest absolute Gasteiger partial charge is 0.273 e. The lowest BCUT2D eigenvalue weighted by Gasteiger charge is -2.05. The van der Waals surface area contributed by atoms with E-state index in [1.54, 1.807) is 18.2 Å².